The Morgan fingerprint density at radius 3 is 1.00 bits per heavy atom. The van der Waals surface area contributed by atoms with Crippen LogP contribution in [0.5, 0.6) is 0 Å². The van der Waals surface area contributed by atoms with Crippen LogP contribution in [0.25, 0.3) is 0 Å². The first kappa shape index (κ1) is 9.76. The van der Waals surface area contributed by atoms with Gasteiger partial charge in [0.2, 0.25) is 0 Å². The SMILES string of the molecule is [O]=[W].[O]=[W](=[O])=[O]. The van der Waals surface area contributed by atoms with Crippen LogP contribution in [0.4, 0.5) is 0 Å². The molecular formula is O4W2. The van der Waals surface area contributed by atoms with E-state index in [2.05, 4.69) is 0 Å². The third-order valence-corrected chi connectivity index (χ3v) is 0. The summed E-state index contributed by atoms with van der Waals surface area (Å²) in [4.78, 5) is 0. The van der Waals surface area contributed by atoms with Gasteiger partial charge in [-0.25, -0.2) is 0 Å². The van der Waals surface area contributed by atoms with Crippen LogP contribution >= 0.6 is 0 Å². The van der Waals surface area contributed by atoms with Crippen molar-refractivity contribution in [2.24, 2.45) is 0 Å². The van der Waals surface area contributed by atoms with Gasteiger partial charge in [0.1, 0.15) is 0 Å². The Hall–Kier alpha value is 0.577. The van der Waals surface area contributed by atoms with Gasteiger partial charge in [-0.15, -0.1) is 0 Å². The van der Waals surface area contributed by atoms with Gasteiger partial charge in [0.15, 0.2) is 0 Å². The van der Waals surface area contributed by atoms with Crippen molar-refractivity contribution < 1.29 is 50.6 Å². The molecule has 0 aliphatic carbocycles. The van der Waals surface area contributed by atoms with Gasteiger partial charge in [0.25, 0.3) is 0 Å². The molecule has 6 heteroatoms. The molecule has 0 atom stereocenters. The monoisotopic (exact) mass is 432 g/mol. The molecule has 0 aliphatic heterocycles. The Morgan fingerprint density at radius 1 is 1.00 bits per heavy atom. The molecule has 0 aromatic heterocycles. The summed E-state index contributed by atoms with van der Waals surface area (Å²) in [5, 5.41) is 0. The van der Waals surface area contributed by atoms with Crippen molar-refractivity contribution >= 4 is 0 Å². The molecule has 0 amide bonds. The van der Waals surface area contributed by atoms with Crippen molar-refractivity contribution in [2.75, 3.05) is 0 Å². The summed E-state index contributed by atoms with van der Waals surface area (Å²) in [6.45, 7) is 0. The predicted molar refractivity (Wildman–Crippen MR) is 2.75 cm³/mol. The van der Waals surface area contributed by atoms with Crippen LogP contribution in [0.1, 0.15) is 0 Å². The molecule has 0 unspecified atom stereocenters. The van der Waals surface area contributed by atoms with E-state index in [4.69, 9.17) is 13.6 Å². The van der Waals surface area contributed by atoms with Crippen molar-refractivity contribution in [3.8, 4) is 0 Å². The molecule has 0 N–H and O–H groups in total. The van der Waals surface area contributed by atoms with Crippen LogP contribution in [0, 0.1) is 0 Å². The van der Waals surface area contributed by atoms with Crippen LogP contribution in [0.2, 0.25) is 0 Å². The van der Waals surface area contributed by atoms with Crippen molar-refractivity contribution in [3.05, 3.63) is 0 Å². The van der Waals surface area contributed by atoms with Gasteiger partial charge in [-0.3, -0.25) is 0 Å². The molecule has 0 rings (SSSR count). The maximum absolute atomic E-state index is 8.61. The first-order valence-electron chi connectivity index (χ1n) is 0.667. The van der Waals surface area contributed by atoms with Crippen molar-refractivity contribution in [1.29, 1.82) is 0 Å². The summed E-state index contributed by atoms with van der Waals surface area (Å²) < 4.78 is 34.2. The summed E-state index contributed by atoms with van der Waals surface area (Å²) in [6, 6.07) is 0. The second-order valence-corrected chi connectivity index (χ2v) is 1.67. The van der Waals surface area contributed by atoms with Gasteiger partial charge in [-0.05, 0) is 0 Å². The molecule has 0 aromatic carbocycles. The van der Waals surface area contributed by atoms with Gasteiger partial charge in [-0.2, -0.15) is 0 Å². The van der Waals surface area contributed by atoms with Crippen molar-refractivity contribution in [3.63, 3.8) is 0 Å². The second-order valence-electron chi connectivity index (χ2n) is 0.204. The van der Waals surface area contributed by atoms with E-state index in [0.29, 0.717) is 19.8 Å². The van der Waals surface area contributed by atoms with E-state index >= 15 is 0 Å². The minimum atomic E-state index is -4.28. The molecule has 6 heavy (non-hydrogen) atoms. The second kappa shape index (κ2) is 9.13. The molecule has 0 saturated heterocycles. The molecule has 0 radical (unpaired) electrons. The van der Waals surface area contributed by atoms with E-state index in [1.807, 2.05) is 0 Å². The first-order chi connectivity index (χ1) is 2.73. The molecule has 0 saturated carbocycles. The van der Waals surface area contributed by atoms with E-state index in [-0.39, 0.29) is 0 Å². The van der Waals surface area contributed by atoms with Gasteiger partial charge in [0.05, 0.1) is 0 Å². The Morgan fingerprint density at radius 2 is 1.00 bits per heavy atom. The number of hydrogen-bond acceptors (Lipinski definition) is 4. The summed E-state index contributed by atoms with van der Waals surface area (Å²) in [7, 11) is 0. The Labute approximate surface area is 50.6 Å². The molecule has 0 fully saturated rings. The average Bonchev–Trinajstić information content (AvgIpc) is 1.41. The molecule has 0 spiro atoms. The third-order valence-electron chi connectivity index (χ3n) is 0. The maximum atomic E-state index is 8.61. The van der Waals surface area contributed by atoms with Crippen LogP contribution in [-0.2, 0) is 50.6 Å². The van der Waals surface area contributed by atoms with Crippen molar-refractivity contribution in [2.45, 2.75) is 0 Å². The van der Waals surface area contributed by atoms with Crippen molar-refractivity contribution in [1.82, 2.24) is 0 Å². The van der Waals surface area contributed by atoms with E-state index < -0.39 is 17.2 Å². The molecule has 0 aromatic rings. The topological polar surface area (TPSA) is 68.3 Å². The van der Waals surface area contributed by atoms with Gasteiger partial charge >= 0.3 is 50.6 Å². The zero-order valence-electron chi connectivity index (χ0n) is 2.45. The zero-order chi connectivity index (χ0) is 5.58. The normalized spacial score (nSPS) is 4.67. The fourth-order valence-corrected chi connectivity index (χ4v) is 0. The molecule has 0 heterocycles. The van der Waals surface area contributed by atoms with E-state index in [9.17, 15) is 0 Å². The Kier molecular flexibility index (Phi) is 14.9. The molecule has 36 valence electrons. The predicted octanol–water partition coefficient (Wildman–Crippen LogP) is -0.480. The average molecular weight is 432 g/mol. The summed E-state index contributed by atoms with van der Waals surface area (Å²) in [5.41, 5.74) is 0. The number of rotatable bonds is 0. The molecule has 0 bridgehead atoms. The molecule has 4 nitrogen and oxygen atoms in total. The summed E-state index contributed by atoms with van der Waals surface area (Å²) in [5.74, 6) is 0. The quantitative estimate of drug-likeness (QED) is 0.520. The Balaban J connectivity index is 0. The third kappa shape index (κ3) is 176. The van der Waals surface area contributed by atoms with Gasteiger partial charge in [0, 0.05) is 0 Å². The fraction of sp³-hybridized carbons (Fsp3) is 0. The minimum absolute atomic E-state index is 0.333. The standard InChI is InChI=1S/4O.2W. The van der Waals surface area contributed by atoms with Crippen LogP contribution in [0.3, 0.4) is 0 Å². The molecule has 0 aliphatic rings. The van der Waals surface area contributed by atoms with E-state index in [1.165, 1.54) is 0 Å². The number of hydrogen-bond donors (Lipinski definition) is 0. The van der Waals surface area contributed by atoms with Gasteiger partial charge < -0.3 is 0 Å². The molecular weight excluding hydrogens is 432 g/mol. The summed E-state index contributed by atoms with van der Waals surface area (Å²) in [6.07, 6.45) is 0. The van der Waals surface area contributed by atoms with E-state index in [1.54, 1.807) is 0 Å². The van der Waals surface area contributed by atoms with E-state index in [0.717, 1.165) is 0 Å². The Bertz CT molecular complexity index is 85.7. The zero-order valence-corrected chi connectivity index (χ0v) is 8.32. The van der Waals surface area contributed by atoms with Crippen LogP contribution < -0.4 is 0 Å². The van der Waals surface area contributed by atoms with Gasteiger partial charge in [-0.1, -0.05) is 0 Å². The first-order valence-corrected chi connectivity index (χ1v) is 5.46. The van der Waals surface area contributed by atoms with Crippen LogP contribution in [-0.4, -0.2) is 0 Å². The fourth-order valence-electron chi connectivity index (χ4n) is 0. The summed E-state index contributed by atoms with van der Waals surface area (Å²) >= 11 is -3.94. The van der Waals surface area contributed by atoms with Crippen LogP contribution in [0.15, 0.2) is 0 Å².